The number of nitrogens with zero attached hydrogens (tertiary/aromatic N) is 2. The summed E-state index contributed by atoms with van der Waals surface area (Å²) in [5.41, 5.74) is 0. The van der Waals surface area contributed by atoms with E-state index in [1.807, 2.05) is 7.05 Å². The Morgan fingerprint density at radius 3 is 2.53 bits per heavy atom. The summed E-state index contributed by atoms with van der Waals surface area (Å²) in [6.45, 7) is 6.60. The molecule has 0 bridgehead atoms. The number of aliphatic imine (C=N–C) groups is 1. The third kappa shape index (κ3) is 4.08. The average molecular weight is 212 g/mol. The number of guanidine groups is 1. The number of nitrogens with one attached hydrogen (secondary N) is 2. The zero-order valence-corrected chi connectivity index (χ0v) is 10.4. The molecule has 4 nitrogen and oxygen atoms in total. The van der Waals surface area contributed by atoms with Crippen LogP contribution in [0.2, 0.25) is 0 Å². The molecule has 0 atom stereocenters. The SMILES string of the molecule is CN=C(NC)NCCN(C(C)C)C1CC1. The summed E-state index contributed by atoms with van der Waals surface area (Å²) in [6, 6.07) is 1.49. The fourth-order valence-corrected chi connectivity index (χ4v) is 1.85. The number of hydrogen-bond acceptors (Lipinski definition) is 2. The van der Waals surface area contributed by atoms with Gasteiger partial charge in [-0.15, -0.1) is 0 Å². The Morgan fingerprint density at radius 2 is 2.13 bits per heavy atom. The molecule has 0 aromatic heterocycles. The van der Waals surface area contributed by atoms with Crippen LogP contribution in [0.4, 0.5) is 0 Å². The first-order chi connectivity index (χ1) is 7.19. The van der Waals surface area contributed by atoms with E-state index in [0.717, 1.165) is 25.1 Å². The molecule has 0 saturated heterocycles. The molecule has 0 unspecified atom stereocenters. The molecule has 1 rings (SSSR count). The van der Waals surface area contributed by atoms with Gasteiger partial charge in [0.2, 0.25) is 0 Å². The molecule has 0 radical (unpaired) electrons. The van der Waals surface area contributed by atoms with Crippen LogP contribution in [0.25, 0.3) is 0 Å². The van der Waals surface area contributed by atoms with Crippen molar-refractivity contribution in [2.24, 2.45) is 4.99 Å². The lowest BCUT2D eigenvalue weighted by Crippen LogP contribution is -2.42. The van der Waals surface area contributed by atoms with E-state index in [1.165, 1.54) is 12.8 Å². The van der Waals surface area contributed by atoms with E-state index in [9.17, 15) is 0 Å². The van der Waals surface area contributed by atoms with Crippen LogP contribution < -0.4 is 10.6 Å². The maximum atomic E-state index is 4.08. The zero-order valence-electron chi connectivity index (χ0n) is 10.4. The Bertz CT molecular complexity index is 207. The molecule has 2 N–H and O–H groups in total. The minimum atomic E-state index is 0.649. The molecule has 88 valence electrons. The van der Waals surface area contributed by atoms with Crippen LogP contribution >= 0.6 is 0 Å². The van der Waals surface area contributed by atoms with Crippen LogP contribution in [0, 0.1) is 0 Å². The van der Waals surface area contributed by atoms with E-state index < -0.39 is 0 Å². The fraction of sp³-hybridized carbons (Fsp3) is 0.909. The first-order valence-corrected chi connectivity index (χ1v) is 5.83. The van der Waals surface area contributed by atoms with Gasteiger partial charge < -0.3 is 10.6 Å². The molecule has 0 amide bonds. The lowest BCUT2D eigenvalue weighted by Gasteiger charge is -2.26. The minimum Gasteiger partial charge on any atom is -0.359 e. The molecule has 1 fully saturated rings. The van der Waals surface area contributed by atoms with E-state index in [-0.39, 0.29) is 0 Å². The van der Waals surface area contributed by atoms with Crippen LogP contribution in [-0.2, 0) is 0 Å². The van der Waals surface area contributed by atoms with Crippen LogP contribution in [-0.4, -0.2) is 50.1 Å². The van der Waals surface area contributed by atoms with E-state index in [2.05, 4.69) is 34.4 Å². The summed E-state index contributed by atoms with van der Waals surface area (Å²) in [7, 11) is 3.68. The van der Waals surface area contributed by atoms with Gasteiger partial charge in [-0.2, -0.15) is 0 Å². The van der Waals surface area contributed by atoms with Crippen molar-refractivity contribution in [3.8, 4) is 0 Å². The second-order valence-electron chi connectivity index (χ2n) is 4.31. The maximum Gasteiger partial charge on any atom is 0.190 e. The van der Waals surface area contributed by atoms with Gasteiger partial charge in [-0.05, 0) is 26.7 Å². The standard InChI is InChI=1S/C11H24N4/c1-9(2)15(10-5-6-10)8-7-14-11(12-3)13-4/h9-10H,5-8H2,1-4H3,(H2,12,13,14). The fourth-order valence-electron chi connectivity index (χ4n) is 1.85. The van der Waals surface area contributed by atoms with Crippen molar-refractivity contribution >= 4 is 5.96 Å². The molecule has 1 aliphatic rings. The van der Waals surface area contributed by atoms with Crippen molar-refractivity contribution in [3.63, 3.8) is 0 Å². The highest BCUT2D eigenvalue weighted by atomic mass is 15.2. The van der Waals surface area contributed by atoms with Gasteiger partial charge in [-0.3, -0.25) is 9.89 Å². The molecule has 0 aromatic rings. The average Bonchev–Trinajstić information content (AvgIpc) is 3.01. The summed E-state index contributed by atoms with van der Waals surface area (Å²) < 4.78 is 0. The first-order valence-electron chi connectivity index (χ1n) is 5.83. The Balaban J connectivity index is 2.22. The zero-order chi connectivity index (χ0) is 11.3. The lowest BCUT2D eigenvalue weighted by molar-refractivity contribution is 0.215. The van der Waals surface area contributed by atoms with Crippen LogP contribution in [0.15, 0.2) is 4.99 Å². The smallest absolute Gasteiger partial charge is 0.190 e. The summed E-state index contributed by atoms with van der Waals surface area (Å²) in [6.07, 6.45) is 2.75. The molecule has 0 heterocycles. The Hall–Kier alpha value is -0.770. The van der Waals surface area contributed by atoms with Gasteiger partial charge in [-0.25, -0.2) is 0 Å². The molecular weight excluding hydrogens is 188 g/mol. The highest BCUT2D eigenvalue weighted by Gasteiger charge is 2.29. The first kappa shape index (κ1) is 12.3. The second kappa shape index (κ2) is 5.95. The van der Waals surface area contributed by atoms with Crippen molar-refractivity contribution in [1.82, 2.24) is 15.5 Å². The van der Waals surface area contributed by atoms with E-state index in [4.69, 9.17) is 0 Å². The van der Waals surface area contributed by atoms with E-state index >= 15 is 0 Å². The van der Waals surface area contributed by atoms with Gasteiger partial charge in [0.05, 0.1) is 0 Å². The monoisotopic (exact) mass is 212 g/mol. The van der Waals surface area contributed by atoms with Gasteiger partial charge in [0.1, 0.15) is 0 Å². The van der Waals surface area contributed by atoms with Crippen LogP contribution in [0.5, 0.6) is 0 Å². The second-order valence-corrected chi connectivity index (χ2v) is 4.31. The molecular formula is C11H24N4. The Kier molecular flexibility index (Phi) is 4.88. The molecule has 1 saturated carbocycles. The minimum absolute atomic E-state index is 0.649. The molecule has 0 spiro atoms. The van der Waals surface area contributed by atoms with Gasteiger partial charge in [0, 0.05) is 39.3 Å². The van der Waals surface area contributed by atoms with Crippen molar-refractivity contribution in [2.75, 3.05) is 27.2 Å². The highest BCUT2D eigenvalue weighted by molar-refractivity contribution is 5.79. The van der Waals surface area contributed by atoms with Crippen molar-refractivity contribution in [1.29, 1.82) is 0 Å². The van der Waals surface area contributed by atoms with Crippen LogP contribution in [0.3, 0.4) is 0 Å². The van der Waals surface area contributed by atoms with Crippen molar-refractivity contribution in [2.45, 2.75) is 38.8 Å². The third-order valence-corrected chi connectivity index (χ3v) is 2.80. The topological polar surface area (TPSA) is 39.7 Å². The maximum absolute atomic E-state index is 4.08. The summed E-state index contributed by atoms with van der Waals surface area (Å²) in [5, 5.41) is 6.30. The van der Waals surface area contributed by atoms with Gasteiger partial charge in [-0.1, -0.05) is 0 Å². The Morgan fingerprint density at radius 1 is 1.47 bits per heavy atom. The molecule has 0 aromatic carbocycles. The van der Waals surface area contributed by atoms with E-state index in [0.29, 0.717) is 6.04 Å². The van der Waals surface area contributed by atoms with Gasteiger partial charge in [0.25, 0.3) is 0 Å². The van der Waals surface area contributed by atoms with Gasteiger partial charge in [0.15, 0.2) is 5.96 Å². The Labute approximate surface area is 93.1 Å². The normalized spacial score (nSPS) is 17.3. The summed E-state index contributed by atoms with van der Waals surface area (Å²) >= 11 is 0. The molecule has 4 heteroatoms. The number of rotatable bonds is 5. The van der Waals surface area contributed by atoms with E-state index in [1.54, 1.807) is 7.05 Å². The third-order valence-electron chi connectivity index (χ3n) is 2.80. The molecule has 0 aliphatic heterocycles. The predicted octanol–water partition coefficient (Wildman–Crippen LogP) is 0.654. The van der Waals surface area contributed by atoms with Crippen molar-refractivity contribution < 1.29 is 0 Å². The van der Waals surface area contributed by atoms with Gasteiger partial charge >= 0.3 is 0 Å². The predicted molar refractivity (Wildman–Crippen MR) is 65.3 cm³/mol. The summed E-state index contributed by atoms with van der Waals surface area (Å²) in [5.74, 6) is 0.870. The summed E-state index contributed by atoms with van der Waals surface area (Å²) in [4.78, 5) is 6.65. The number of hydrogen-bond donors (Lipinski definition) is 2. The van der Waals surface area contributed by atoms with Crippen LogP contribution in [0.1, 0.15) is 26.7 Å². The molecule has 15 heavy (non-hydrogen) atoms. The largest absolute Gasteiger partial charge is 0.359 e. The quantitative estimate of drug-likeness (QED) is 0.519. The lowest BCUT2D eigenvalue weighted by atomic mass is 10.3. The molecule has 1 aliphatic carbocycles. The highest BCUT2D eigenvalue weighted by Crippen LogP contribution is 2.27. The van der Waals surface area contributed by atoms with Crippen molar-refractivity contribution in [3.05, 3.63) is 0 Å².